The first-order valence-corrected chi connectivity index (χ1v) is 5.60. The van der Waals surface area contributed by atoms with Crippen LogP contribution < -0.4 is 5.43 Å². The first-order chi connectivity index (χ1) is 8.66. The third-order valence-electron chi connectivity index (χ3n) is 2.27. The number of anilines is 1. The van der Waals surface area contributed by atoms with Gasteiger partial charge in [0.2, 0.25) is 0 Å². The van der Waals surface area contributed by atoms with Crippen molar-refractivity contribution >= 4 is 23.5 Å². The first kappa shape index (κ1) is 12.3. The van der Waals surface area contributed by atoms with Gasteiger partial charge in [0.25, 0.3) is 0 Å². The zero-order valence-electron chi connectivity index (χ0n) is 9.34. The lowest BCUT2D eigenvalue weighted by molar-refractivity contribution is 0.403. The molecular weight excluding hydrogens is 252 g/mol. The number of aromatic hydroxyl groups is 2. The van der Waals surface area contributed by atoms with Crippen LogP contribution in [0, 0.1) is 0 Å². The number of hydrogen-bond acceptors (Lipinski definition) is 4. The molecule has 0 unspecified atom stereocenters. The van der Waals surface area contributed by atoms with Crippen molar-refractivity contribution in [1.82, 2.24) is 0 Å². The molecule has 0 atom stereocenters. The molecule has 4 nitrogen and oxygen atoms in total. The Balaban J connectivity index is 2.10. The van der Waals surface area contributed by atoms with Crippen LogP contribution in [0.5, 0.6) is 11.5 Å². The van der Waals surface area contributed by atoms with Crippen molar-refractivity contribution in [1.29, 1.82) is 0 Å². The summed E-state index contributed by atoms with van der Waals surface area (Å²) in [5, 5.41) is 23.4. The lowest BCUT2D eigenvalue weighted by Gasteiger charge is -2.02. The highest BCUT2D eigenvalue weighted by molar-refractivity contribution is 6.30. The molecule has 5 heteroatoms. The molecule has 0 radical (unpaired) electrons. The molecular formula is C13H11ClN2O2. The van der Waals surface area contributed by atoms with Crippen molar-refractivity contribution in [2.24, 2.45) is 5.10 Å². The maximum atomic E-state index is 9.55. The van der Waals surface area contributed by atoms with Gasteiger partial charge in [0.15, 0.2) is 11.5 Å². The van der Waals surface area contributed by atoms with Gasteiger partial charge in [-0.15, -0.1) is 0 Å². The van der Waals surface area contributed by atoms with Gasteiger partial charge in [-0.1, -0.05) is 23.7 Å². The van der Waals surface area contributed by atoms with Crippen LogP contribution in [0.25, 0.3) is 0 Å². The summed E-state index contributed by atoms with van der Waals surface area (Å²) in [5.41, 5.74) is 3.93. The summed E-state index contributed by atoms with van der Waals surface area (Å²) in [7, 11) is 0. The molecule has 18 heavy (non-hydrogen) atoms. The van der Waals surface area contributed by atoms with Crippen molar-refractivity contribution in [2.75, 3.05) is 5.43 Å². The number of hydrogen-bond donors (Lipinski definition) is 3. The third kappa shape index (κ3) is 2.93. The predicted octanol–water partition coefficient (Wildman–Crippen LogP) is 3.20. The number of nitrogens with one attached hydrogen (secondary N) is 1. The standard InChI is InChI=1S/C13H11ClN2O2/c14-10-4-2-5-11(7-10)16-15-8-9-3-1-6-12(17)13(9)18/h1-8,16-18H. The molecule has 92 valence electrons. The normalized spacial score (nSPS) is 10.7. The molecule has 0 saturated heterocycles. The van der Waals surface area contributed by atoms with E-state index in [0.717, 1.165) is 5.69 Å². The summed E-state index contributed by atoms with van der Waals surface area (Å²) in [6, 6.07) is 11.8. The number of rotatable bonds is 3. The van der Waals surface area contributed by atoms with Gasteiger partial charge in [0.1, 0.15) is 0 Å². The molecule has 0 amide bonds. The van der Waals surface area contributed by atoms with E-state index in [1.165, 1.54) is 12.3 Å². The average Bonchev–Trinajstić information content (AvgIpc) is 2.35. The first-order valence-electron chi connectivity index (χ1n) is 5.22. The summed E-state index contributed by atoms with van der Waals surface area (Å²) in [5.74, 6) is -0.379. The highest BCUT2D eigenvalue weighted by atomic mass is 35.5. The Hall–Kier alpha value is -2.20. The van der Waals surface area contributed by atoms with Crippen molar-refractivity contribution in [3.05, 3.63) is 53.1 Å². The SMILES string of the molecule is Oc1cccc(C=NNc2cccc(Cl)c2)c1O. The van der Waals surface area contributed by atoms with Crippen molar-refractivity contribution in [3.63, 3.8) is 0 Å². The molecule has 0 fully saturated rings. The summed E-state index contributed by atoms with van der Waals surface area (Å²) in [4.78, 5) is 0. The van der Waals surface area contributed by atoms with Crippen molar-refractivity contribution in [2.45, 2.75) is 0 Å². The average molecular weight is 263 g/mol. The molecule has 2 rings (SSSR count). The second-order valence-corrected chi connectivity index (χ2v) is 4.03. The van der Waals surface area contributed by atoms with Crippen LogP contribution >= 0.6 is 11.6 Å². The number of nitrogens with zero attached hydrogens (tertiary/aromatic N) is 1. The molecule has 0 aliphatic rings. The number of benzene rings is 2. The Bertz CT molecular complexity index is 585. The van der Waals surface area contributed by atoms with E-state index in [2.05, 4.69) is 10.5 Å². The fourth-order valence-electron chi connectivity index (χ4n) is 1.39. The van der Waals surface area contributed by atoms with Crippen LogP contribution in [0.4, 0.5) is 5.69 Å². The highest BCUT2D eigenvalue weighted by Gasteiger charge is 2.02. The summed E-state index contributed by atoms with van der Waals surface area (Å²) in [6.45, 7) is 0. The summed E-state index contributed by atoms with van der Waals surface area (Å²) < 4.78 is 0. The minimum Gasteiger partial charge on any atom is -0.504 e. The van der Waals surface area contributed by atoms with Crippen LogP contribution in [0.1, 0.15) is 5.56 Å². The Morgan fingerprint density at radius 2 is 1.89 bits per heavy atom. The molecule has 2 aromatic rings. The predicted molar refractivity (Wildman–Crippen MR) is 72.4 cm³/mol. The Labute approximate surface area is 109 Å². The van der Waals surface area contributed by atoms with Gasteiger partial charge in [-0.05, 0) is 30.3 Å². The molecule has 0 saturated carbocycles. The Morgan fingerprint density at radius 1 is 1.11 bits per heavy atom. The highest BCUT2D eigenvalue weighted by Crippen LogP contribution is 2.26. The minimum absolute atomic E-state index is 0.179. The van der Waals surface area contributed by atoms with Gasteiger partial charge in [-0.3, -0.25) is 5.43 Å². The lowest BCUT2D eigenvalue weighted by Crippen LogP contribution is -1.90. The van der Waals surface area contributed by atoms with Gasteiger partial charge in [-0.25, -0.2) is 0 Å². The summed E-state index contributed by atoms with van der Waals surface area (Å²) in [6.07, 6.45) is 1.41. The van der Waals surface area contributed by atoms with Crippen LogP contribution in [-0.2, 0) is 0 Å². The van der Waals surface area contributed by atoms with E-state index >= 15 is 0 Å². The van der Waals surface area contributed by atoms with Crippen LogP contribution in [0.3, 0.4) is 0 Å². The van der Waals surface area contributed by atoms with Gasteiger partial charge in [0, 0.05) is 10.6 Å². The maximum absolute atomic E-state index is 9.55. The third-order valence-corrected chi connectivity index (χ3v) is 2.50. The van der Waals surface area contributed by atoms with Crippen LogP contribution in [0.2, 0.25) is 5.02 Å². The fraction of sp³-hybridized carbons (Fsp3) is 0. The number of phenolic OH excluding ortho intramolecular Hbond substituents is 2. The molecule has 0 aliphatic heterocycles. The van der Waals surface area contributed by atoms with E-state index < -0.39 is 0 Å². The topological polar surface area (TPSA) is 64.9 Å². The Morgan fingerprint density at radius 3 is 2.67 bits per heavy atom. The molecule has 2 aromatic carbocycles. The number of para-hydroxylation sites is 1. The molecule has 0 spiro atoms. The van der Waals surface area contributed by atoms with E-state index in [1.807, 2.05) is 6.07 Å². The van der Waals surface area contributed by atoms with Crippen molar-refractivity contribution in [3.8, 4) is 11.5 Å². The van der Waals surface area contributed by atoms with Gasteiger partial charge < -0.3 is 10.2 Å². The quantitative estimate of drug-likeness (QED) is 0.452. The maximum Gasteiger partial charge on any atom is 0.166 e. The molecule has 0 heterocycles. The van der Waals surface area contributed by atoms with E-state index in [4.69, 9.17) is 11.6 Å². The van der Waals surface area contributed by atoms with E-state index in [0.29, 0.717) is 10.6 Å². The largest absolute Gasteiger partial charge is 0.504 e. The van der Waals surface area contributed by atoms with E-state index in [-0.39, 0.29) is 11.5 Å². The zero-order valence-corrected chi connectivity index (χ0v) is 10.1. The van der Waals surface area contributed by atoms with Crippen LogP contribution in [-0.4, -0.2) is 16.4 Å². The number of halogens is 1. The second kappa shape index (κ2) is 5.42. The number of hydrazone groups is 1. The van der Waals surface area contributed by atoms with Crippen molar-refractivity contribution < 1.29 is 10.2 Å². The fourth-order valence-corrected chi connectivity index (χ4v) is 1.58. The number of phenols is 2. The molecule has 0 aliphatic carbocycles. The Kier molecular flexibility index (Phi) is 3.69. The minimum atomic E-state index is -0.200. The monoisotopic (exact) mass is 262 g/mol. The van der Waals surface area contributed by atoms with E-state index in [9.17, 15) is 10.2 Å². The second-order valence-electron chi connectivity index (χ2n) is 3.60. The lowest BCUT2D eigenvalue weighted by atomic mass is 10.2. The van der Waals surface area contributed by atoms with Gasteiger partial charge in [-0.2, -0.15) is 5.10 Å². The van der Waals surface area contributed by atoms with E-state index in [1.54, 1.807) is 30.3 Å². The van der Waals surface area contributed by atoms with Gasteiger partial charge >= 0.3 is 0 Å². The smallest absolute Gasteiger partial charge is 0.166 e. The van der Waals surface area contributed by atoms with Gasteiger partial charge in [0.05, 0.1) is 11.9 Å². The molecule has 0 bridgehead atoms. The molecule has 0 aromatic heterocycles. The van der Waals surface area contributed by atoms with Crippen LogP contribution in [0.15, 0.2) is 47.6 Å². The zero-order chi connectivity index (χ0) is 13.0. The molecule has 3 N–H and O–H groups in total. The summed E-state index contributed by atoms with van der Waals surface area (Å²) >= 11 is 5.82.